The molecule has 9 heteroatoms. The van der Waals surface area contributed by atoms with Gasteiger partial charge in [0.05, 0.1) is 36.4 Å². The van der Waals surface area contributed by atoms with Crippen LogP contribution in [-0.4, -0.2) is 85.4 Å². The molecule has 39 heavy (non-hydrogen) atoms. The van der Waals surface area contributed by atoms with Crippen LogP contribution in [0.25, 0.3) is 0 Å². The summed E-state index contributed by atoms with van der Waals surface area (Å²) in [6.07, 6.45) is 6.00. The van der Waals surface area contributed by atoms with E-state index in [4.69, 9.17) is 9.47 Å². The van der Waals surface area contributed by atoms with Gasteiger partial charge >= 0.3 is 0 Å². The highest BCUT2D eigenvalue weighted by Gasteiger charge is 2.37. The van der Waals surface area contributed by atoms with Crippen molar-refractivity contribution in [3.05, 3.63) is 49.2 Å². The predicted molar refractivity (Wildman–Crippen MR) is 156 cm³/mol. The van der Waals surface area contributed by atoms with Crippen molar-refractivity contribution >= 4 is 22.2 Å². The van der Waals surface area contributed by atoms with E-state index in [0.717, 1.165) is 48.4 Å². The predicted octanol–water partition coefficient (Wildman–Crippen LogP) is 4.04. The van der Waals surface area contributed by atoms with E-state index in [9.17, 15) is 9.59 Å². The molecule has 1 N–H and O–H groups in total. The summed E-state index contributed by atoms with van der Waals surface area (Å²) in [5.74, 6) is 0.0652. The quantitative estimate of drug-likeness (QED) is 0.445. The molecule has 0 radical (unpaired) electrons. The summed E-state index contributed by atoms with van der Waals surface area (Å²) in [5, 5.41) is 1.26. The topological polar surface area (TPSA) is 78.1 Å². The Morgan fingerprint density at radius 2 is 1.85 bits per heavy atom. The number of amides is 1. The number of nitrogens with zero attached hydrogens (tertiary/aromatic N) is 3. The molecule has 3 aliphatic rings. The molecule has 1 saturated carbocycles. The molecule has 1 saturated heterocycles. The molecule has 214 valence electrons. The zero-order valence-corrected chi connectivity index (χ0v) is 25.0. The van der Waals surface area contributed by atoms with Crippen LogP contribution in [0.15, 0.2) is 10.9 Å². The number of carbonyl (C=O) groups is 1. The smallest absolute Gasteiger partial charge is 0.255 e. The number of anilines is 1. The first-order valence-corrected chi connectivity index (χ1v) is 15.3. The van der Waals surface area contributed by atoms with E-state index < -0.39 is 0 Å². The van der Waals surface area contributed by atoms with Crippen molar-refractivity contribution in [2.75, 3.05) is 51.4 Å². The molecular formula is C30H44N4O4S. The van der Waals surface area contributed by atoms with Gasteiger partial charge in [0.15, 0.2) is 0 Å². The largest absolute Gasteiger partial charge is 0.382 e. The summed E-state index contributed by atoms with van der Waals surface area (Å²) in [6.45, 7) is 13.6. The Labute approximate surface area is 236 Å². The summed E-state index contributed by atoms with van der Waals surface area (Å²) in [6, 6.07) is 3.15. The molecule has 2 aromatic rings. The second-order valence-corrected chi connectivity index (χ2v) is 12.5. The highest BCUT2D eigenvalue weighted by Crippen LogP contribution is 2.42. The van der Waals surface area contributed by atoms with Crippen LogP contribution in [-0.2, 0) is 22.4 Å². The van der Waals surface area contributed by atoms with Gasteiger partial charge < -0.3 is 24.3 Å². The van der Waals surface area contributed by atoms with Crippen LogP contribution in [0.5, 0.6) is 0 Å². The van der Waals surface area contributed by atoms with Crippen molar-refractivity contribution in [1.29, 1.82) is 0 Å². The number of aryl methyl sites for hydroxylation is 2. The maximum atomic E-state index is 13.7. The molecule has 2 aromatic heterocycles. The molecule has 8 nitrogen and oxygen atoms in total. The summed E-state index contributed by atoms with van der Waals surface area (Å²) in [4.78, 5) is 37.4. The number of methoxy groups -OCH3 is 1. The Morgan fingerprint density at radius 1 is 1.10 bits per heavy atom. The third-order valence-corrected chi connectivity index (χ3v) is 10.3. The molecule has 2 aliphatic heterocycles. The molecule has 0 aromatic carbocycles. The Balaban J connectivity index is 1.22. The minimum absolute atomic E-state index is 0.0652. The van der Waals surface area contributed by atoms with E-state index >= 15 is 0 Å². The fraction of sp³-hybridized carbons (Fsp3) is 0.667. The van der Waals surface area contributed by atoms with Crippen LogP contribution in [0.2, 0.25) is 0 Å². The van der Waals surface area contributed by atoms with E-state index in [1.165, 1.54) is 35.6 Å². The highest BCUT2D eigenvalue weighted by molar-refractivity contribution is 7.16. The molecule has 0 unspecified atom stereocenters. The van der Waals surface area contributed by atoms with Gasteiger partial charge in [-0.1, -0.05) is 0 Å². The second-order valence-electron chi connectivity index (χ2n) is 11.4. The zero-order valence-electron chi connectivity index (χ0n) is 24.2. The Kier molecular flexibility index (Phi) is 8.81. The average molecular weight is 557 g/mol. The van der Waals surface area contributed by atoms with Gasteiger partial charge in [-0.2, -0.15) is 0 Å². The van der Waals surface area contributed by atoms with Gasteiger partial charge in [0.25, 0.3) is 11.5 Å². The lowest BCUT2D eigenvalue weighted by Crippen LogP contribution is -2.58. The zero-order chi connectivity index (χ0) is 27.7. The van der Waals surface area contributed by atoms with E-state index in [1.54, 1.807) is 7.11 Å². The van der Waals surface area contributed by atoms with Crippen molar-refractivity contribution in [3.63, 3.8) is 0 Å². The third-order valence-electron chi connectivity index (χ3n) is 8.89. The van der Waals surface area contributed by atoms with Gasteiger partial charge in [0, 0.05) is 67.9 Å². The highest BCUT2D eigenvalue weighted by atomic mass is 32.1. The molecule has 1 amide bonds. The number of carbonyl (C=O) groups excluding carboxylic acids is 1. The molecule has 4 heterocycles. The van der Waals surface area contributed by atoms with Gasteiger partial charge in [0.2, 0.25) is 0 Å². The number of aromatic nitrogens is 1. The number of H-pyrrole nitrogens is 1. The fourth-order valence-electron chi connectivity index (χ4n) is 6.68. The number of ether oxygens (including phenoxy) is 2. The number of pyridine rings is 1. The minimum atomic E-state index is -0.0889. The molecule has 2 fully saturated rings. The number of fused-ring (bicyclic) bond motifs is 1. The second kappa shape index (κ2) is 12.1. The summed E-state index contributed by atoms with van der Waals surface area (Å²) < 4.78 is 11.0. The lowest BCUT2D eigenvalue weighted by molar-refractivity contribution is -0.0869. The van der Waals surface area contributed by atoms with Crippen LogP contribution in [0.4, 0.5) is 5.00 Å². The first kappa shape index (κ1) is 28.3. The van der Waals surface area contributed by atoms with Gasteiger partial charge in [-0.05, 0) is 70.6 Å². The SMILES string of the molecule is CCN(c1sc2c(c1C)C(=O)N(Cc1c(C)cc(C)[nH]c1=O)CC2)[C@H]1CC[C@H](N2CC(OCCOC)C2)CC1. The van der Waals surface area contributed by atoms with Crippen molar-refractivity contribution in [2.45, 2.75) is 84.5 Å². The number of thiophene rings is 1. The first-order chi connectivity index (χ1) is 18.8. The third kappa shape index (κ3) is 5.82. The average Bonchev–Trinajstić information content (AvgIpc) is 3.21. The summed E-state index contributed by atoms with van der Waals surface area (Å²) >= 11 is 1.81. The van der Waals surface area contributed by atoms with Crippen molar-refractivity contribution in [1.82, 2.24) is 14.8 Å². The Morgan fingerprint density at radius 3 is 2.51 bits per heavy atom. The lowest BCUT2D eigenvalue weighted by Gasteiger charge is -2.47. The maximum Gasteiger partial charge on any atom is 0.255 e. The minimum Gasteiger partial charge on any atom is -0.382 e. The molecule has 5 rings (SSSR count). The van der Waals surface area contributed by atoms with Gasteiger partial charge in [-0.3, -0.25) is 14.5 Å². The molecule has 0 atom stereocenters. The summed E-state index contributed by atoms with van der Waals surface area (Å²) in [5.41, 5.74) is 4.37. The number of rotatable bonds is 10. The van der Waals surface area contributed by atoms with Crippen molar-refractivity contribution < 1.29 is 14.3 Å². The van der Waals surface area contributed by atoms with Crippen LogP contribution in [0.1, 0.15) is 70.2 Å². The van der Waals surface area contributed by atoms with Crippen molar-refractivity contribution in [2.24, 2.45) is 0 Å². The molecular weight excluding hydrogens is 512 g/mol. The van der Waals surface area contributed by atoms with Gasteiger partial charge in [-0.15, -0.1) is 11.3 Å². The van der Waals surface area contributed by atoms with E-state index in [1.807, 2.05) is 36.2 Å². The maximum absolute atomic E-state index is 13.7. The lowest BCUT2D eigenvalue weighted by atomic mass is 9.87. The van der Waals surface area contributed by atoms with E-state index in [2.05, 4.69) is 28.6 Å². The van der Waals surface area contributed by atoms with Gasteiger partial charge in [-0.25, -0.2) is 0 Å². The van der Waals surface area contributed by atoms with Crippen LogP contribution in [0, 0.1) is 20.8 Å². The van der Waals surface area contributed by atoms with E-state index in [0.29, 0.717) is 50.1 Å². The molecule has 0 spiro atoms. The number of likely N-dealkylation sites (tertiary alicyclic amines) is 1. The van der Waals surface area contributed by atoms with E-state index in [-0.39, 0.29) is 11.5 Å². The standard InChI is InChI=1S/C30H44N4O4S/c1-6-34(23-9-7-22(8-10-23)33-16-24(17-33)38-14-13-37-5)30-21(4)27-26(39-30)11-12-32(29(27)36)18-25-19(2)15-20(3)31-28(25)35/h15,22-24H,6-14,16-18H2,1-5H3,(H,31,35)/t22-,23-. The number of hydrogen-bond donors (Lipinski definition) is 1. The van der Waals surface area contributed by atoms with Crippen LogP contribution < -0.4 is 10.5 Å². The molecule has 0 bridgehead atoms. The van der Waals surface area contributed by atoms with Crippen LogP contribution in [0.3, 0.4) is 0 Å². The summed E-state index contributed by atoms with van der Waals surface area (Å²) in [7, 11) is 1.71. The number of hydrogen-bond acceptors (Lipinski definition) is 7. The number of aromatic amines is 1. The monoisotopic (exact) mass is 556 g/mol. The van der Waals surface area contributed by atoms with Crippen molar-refractivity contribution in [3.8, 4) is 0 Å². The normalized spacial score (nSPS) is 22.2. The number of nitrogens with one attached hydrogen (secondary N) is 1. The molecule has 1 aliphatic carbocycles. The first-order valence-electron chi connectivity index (χ1n) is 14.5. The van der Waals surface area contributed by atoms with Gasteiger partial charge in [0.1, 0.15) is 0 Å². The Hall–Kier alpha value is -2.20. The fourth-order valence-corrected chi connectivity index (χ4v) is 8.10. The Bertz CT molecular complexity index is 1230. The van der Waals surface area contributed by atoms with Crippen LogP contribution >= 0.6 is 11.3 Å².